The second-order valence-electron chi connectivity index (χ2n) is 15.8. The highest BCUT2D eigenvalue weighted by Crippen LogP contribution is 2.53. The number of fused-ring (bicyclic) bond motifs is 8. The second kappa shape index (κ2) is 13.0. The van der Waals surface area contributed by atoms with Crippen molar-refractivity contribution in [1.29, 1.82) is 0 Å². The minimum Gasteiger partial charge on any atom is -0.311 e. The summed E-state index contributed by atoms with van der Waals surface area (Å²) in [7, 11) is 0. The van der Waals surface area contributed by atoms with Crippen LogP contribution >= 0.6 is 0 Å². The van der Waals surface area contributed by atoms with Crippen molar-refractivity contribution in [3.05, 3.63) is 217 Å². The van der Waals surface area contributed by atoms with E-state index in [0.717, 1.165) is 22.7 Å². The lowest BCUT2D eigenvalue weighted by Gasteiger charge is -2.26. The van der Waals surface area contributed by atoms with E-state index in [1.807, 2.05) is 0 Å². The van der Waals surface area contributed by atoms with Crippen LogP contribution in [0.3, 0.4) is 0 Å². The molecule has 10 aromatic rings. The van der Waals surface area contributed by atoms with Crippen molar-refractivity contribution in [2.75, 3.05) is 4.90 Å². The first-order valence-corrected chi connectivity index (χ1v) is 19.8. The summed E-state index contributed by atoms with van der Waals surface area (Å²) in [5.41, 5.74) is 17.2. The maximum absolute atomic E-state index is 2.45. The number of aromatic nitrogens is 1. The van der Waals surface area contributed by atoms with Gasteiger partial charge in [-0.3, -0.25) is 0 Å². The number of benzene rings is 9. The molecule has 57 heavy (non-hydrogen) atoms. The molecule has 1 aliphatic rings. The number of nitrogens with zero attached hydrogens (tertiary/aromatic N) is 2. The fraction of sp³-hybridized carbons (Fsp3) is 0.0545. The quantitative estimate of drug-likeness (QED) is 0.165. The van der Waals surface area contributed by atoms with E-state index in [4.69, 9.17) is 0 Å². The maximum atomic E-state index is 2.45. The van der Waals surface area contributed by atoms with Crippen molar-refractivity contribution in [3.8, 4) is 39.1 Å². The lowest BCUT2D eigenvalue weighted by molar-refractivity contribution is 0.661. The van der Waals surface area contributed by atoms with E-state index in [1.165, 1.54) is 77.1 Å². The highest BCUT2D eigenvalue weighted by molar-refractivity contribution is 6.18. The molecular weight excluding hydrogens is 689 g/mol. The minimum absolute atomic E-state index is 0.0488. The fourth-order valence-electron chi connectivity index (χ4n) is 9.35. The topological polar surface area (TPSA) is 8.17 Å². The van der Waals surface area contributed by atoms with Gasteiger partial charge < -0.3 is 9.47 Å². The van der Waals surface area contributed by atoms with Gasteiger partial charge in [0, 0.05) is 38.9 Å². The number of rotatable bonds is 6. The molecule has 0 atom stereocenters. The normalized spacial score (nSPS) is 12.9. The molecular formula is C55H40N2. The monoisotopic (exact) mass is 728 g/mol. The molecule has 0 fully saturated rings. The molecule has 2 heteroatoms. The van der Waals surface area contributed by atoms with Crippen molar-refractivity contribution in [2.45, 2.75) is 19.3 Å². The van der Waals surface area contributed by atoms with Crippen LogP contribution in [-0.2, 0) is 5.41 Å². The molecule has 11 rings (SSSR count). The average Bonchev–Trinajstić information content (AvgIpc) is 3.73. The molecule has 0 amide bonds. The van der Waals surface area contributed by atoms with Gasteiger partial charge in [-0.1, -0.05) is 153 Å². The Bertz CT molecular complexity index is 3130. The van der Waals surface area contributed by atoms with Gasteiger partial charge in [-0.2, -0.15) is 0 Å². The first-order valence-electron chi connectivity index (χ1n) is 19.8. The molecule has 2 nitrogen and oxygen atoms in total. The van der Waals surface area contributed by atoms with Crippen molar-refractivity contribution >= 4 is 49.6 Å². The van der Waals surface area contributed by atoms with Crippen molar-refractivity contribution in [3.63, 3.8) is 0 Å². The minimum atomic E-state index is -0.0488. The van der Waals surface area contributed by atoms with Gasteiger partial charge in [0.05, 0.1) is 11.0 Å². The van der Waals surface area contributed by atoms with E-state index in [2.05, 4.69) is 230 Å². The Kier molecular flexibility index (Phi) is 7.55. The predicted molar refractivity (Wildman–Crippen MR) is 241 cm³/mol. The summed E-state index contributed by atoms with van der Waals surface area (Å²) in [5, 5.41) is 5.14. The van der Waals surface area contributed by atoms with Crippen molar-refractivity contribution in [1.82, 2.24) is 4.57 Å². The van der Waals surface area contributed by atoms with Crippen LogP contribution in [0.1, 0.15) is 25.0 Å². The third-order valence-corrected chi connectivity index (χ3v) is 12.2. The average molecular weight is 729 g/mol. The molecule has 0 aliphatic heterocycles. The summed E-state index contributed by atoms with van der Waals surface area (Å²) in [4.78, 5) is 2.33. The first kappa shape index (κ1) is 33.2. The zero-order valence-electron chi connectivity index (χ0n) is 32.0. The molecule has 0 saturated heterocycles. The highest BCUT2D eigenvalue weighted by atomic mass is 15.1. The molecule has 9 aromatic carbocycles. The molecule has 0 saturated carbocycles. The van der Waals surface area contributed by atoms with E-state index in [0.29, 0.717) is 0 Å². The number of hydrogen-bond donors (Lipinski definition) is 0. The van der Waals surface area contributed by atoms with E-state index in [9.17, 15) is 0 Å². The molecule has 270 valence electrons. The zero-order valence-corrected chi connectivity index (χ0v) is 32.0. The Balaban J connectivity index is 0.969. The lowest BCUT2D eigenvalue weighted by Crippen LogP contribution is -2.14. The van der Waals surface area contributed by atoms with Gasteiger partial charge in [-0.05, 0) is 122 Å². The lowest BCUT2D eigenvalue weighted by atomic mass is 9.82. The van der Waals surface area contributed by atoms with Crippen LogP contribution in [0.15, 0.2) is 206 Å². The summed E-state index contributed by atoms with van der Waals surface area (Å²) in [5.74, 6) is 0. The van der Waals surface area contributed by atoms with Gasteiger partial charge in [-0.25, -0.2) is 0 Å². The number of anilines is 3. The molecule has 0 radical (unpaired) electrons. The van der Waals surface area contributed by atoms with Crippen molar-refractivity contribution in [2.24, 2.45) is 0 Å². The third-order valence-electron chi connectivity index (χ3n) is 12.2. The van der Waals surface area contributed by atoms with Gasteiger partial charge >= 0.3 is 0 Å². The number of hydrogen-bond acceptors (Lipinski definition) is 1. The maximum Gasteiger partial charge on any atom is 0.0547 e. The SMILES string of the molecule is CC1(C)c2ccccc2-c2c1ccc1c2c2ccccc2n1-c1cccc(-c2ccc(N(c3ccccc3)c3ccc(-c4ccc5ccccc5c4)cc3)cc2)c1. The van der Waals surface area contributed by atoms with Gasteiger partial charge in [0.1, 0.15) is 0 Å². The highest BCUT2D eigenvalue weighted by Gasteiger charge is 2.37. The van der Waals surface area contributed by atoms with E-state index in [-0.39, 0.29) is 5.41 Å². The predicted octanol–water partition coefficient (Wildman–Crippen LogP) is 15.0. The molecule has 0 spiro atoms. The van der Waals surface area contributed by atoms with Gasteiger partial charge in [0.2, 0.25) is 0 Å². The van der Waals surface area contributed by atoms with Crippen LogP contribution in [0.25, 0.3) is 71.6 Å². The summed E-state index contributed by atoms with van der Waals surface area (Å²) in [6.45, 7) is 4.72. The third kappa shape index (κ3) is 5.33. The molecule has 1 aromatic heterocycles. The van der Waals surface area contributed by atoms with E-state index in [1.54, 1.807) is 0 Å². The summed E-state index contributed by atoms with van der Waals surface area (Å²) in [6, 6.07) is 75.4. The Hall–Kier alpha value is -7.16. The Labute approximate surface area is 333 Å². The fourth-order valence-corrected chi connectivity index (χ4v) is 9.35. The summed E-state index contributed by atoms with van der Waals surface area (Å²) in [6.07, 6.45) is 0. The van der Waals surface area contributed by atoms with Gasteiger partial charge in [0.15, 0.2) is 0 Å². The number of para-hydroxylation sites is 2. The van der Waals surface area contributed by atoms with E-state index >= 15 is 0 Å². The van der Waals surface area contributed by atoms with Crippen molar-refractivity contribution < 1.29 is 0 Å². The van der Waals surface area contributed by atoms with Crippen LogP contribution in [0.5, 0.6) is 0 Å². The van der Waals surface area contributed by atoms with Crippen LogP contribution in [-0.4, -0.2) is 4.57 Å². The molecule has 1 aliphatic carbocycles. The van der Waals surface area contributed by atoms with Crippen LogP contribution in [0, 0.1) is 0 Å². The summed E-state index contributed by atoms with van der Waals surface area (Å²) >= 11 is 0. The molecule has 0 unspecified atom stereocenters. The van der Waals surface area contributed by atoms with Gasteiger partial charge in [0.25, 0.3) is 0 Å². The summed E-state index contributed by atoms with van der Waals surface area (Å²) < 4.78 is 2.45. The first-order chi connectivity index (χ1) is 28.0. The largest absolute Gasteiger partial charge is 0.311 e. The molecule has 0 bridgehead atoms. The smallest absolute Gasteiger partial charge is 0.0547 e. The Morgan fingerprint density at radius 3 is 1.79 bits per heavy atom. The Morgan fingerprint density at radius 1 is 0.404 bits per heavy atom. The van der Waals surface area contributed by atoms with Gasteiger partial charge in [-0.15, -0.1) is 0 Å². The Morgan fingerprint density at radius 2 is 1.02 bits per heavy atom. The standard InChI is InChI=1S/C55H40N2/c1-55(2)49-21-10-8-19-47(49)53-50(55)33-34-52-54(53)48-20-9-11-22-51(48)57(52)46-18-12-15-41(36-46)38-25-29-44(30-26-38)56(43-16-4-3-5-17-43)45-31-27-39(28-32-45)42-24-23-37-13-6-7-14-40(37)35-42/h3-36H,1-2H3. The molecule has 0 N–H and O–H groups in total. The van der Waals surface area contributed by atoms with E-state index < -0.39 is 0 Å². The van der Waals surface area contributed by atoms with Crippen LogP contribution in [0.2, 0.25) is 0 Å². The second-order valence-corrected chi connectivity index (χ2v) is 15.8. The molecule has 1 heterocycles. The van der Waals surface area contributed by atoms with Crippen LogP contribution < -0.4 is 4.90 Å². The zero-order chi connectivity index (χ0) is 38.1. The van der Waals surface area contributed by atoms with Crippen LogP contribution in [0.4, 0.5) is 17.1 Å².